The molecule has 0 spiro atoms. The van der Waals surface area contributed by atoms with Gasteiger partial charge >= 0.3 is 0 Å². The Labute approximate surface area is 150 Å². The molecule has 1 N–H and O–H groups in total. The van der Waals surface area contributed by atoms with Gasteiger partial charge in [0.05, 0.1) is 7.11 Å². The number of rotatable bonds is 7. The number of methoxy groups -OCH3 is 1. The number of nitrogens with zero attached hydrogens (tertiary/aromatic N) is 1. The smallest absolute Gasteiger partial charge is 0.252 e. The van der Waals surface area contributed by atoms with Crippen LogP contribution in [0.3, 0.4) is 0 Å². The summed E-state index contributed by atoms with van der Waals surface area (Å²) >= 11 is 1.50. The first-order valence-corrected chi connectivity index (χ1v) is 8.69. The molecule has 5 nitrogen and oxygen atoms in total. The highest BCUT2D eigenvalue weighted by Gasteiger charge is 2.09. The maximum Gasteiger partial charge on any atom is 0.252 e. The second kappa shape index (κ2) is 8.30. The molecule has 1 amide bonds. The average Bonchev–Trinajstić information content (AvgIpc) is 3.20. The van der Waals surface area contributed by atoms with Crippen molar-refractivity contribution in [2.24, 2.45) is 0 Å². The molecule has 1 aromatic carbocycles. The molecular weight excluding hydrogens is 336 g/mol. The van der Waals surface area contributed by atoms with Crippen molar-refractivity contribution >= 4 is 17.2 Å². The van der Waals surface area contributed by atoms with Crippen LogP contribution in [0.2, 0.25) is 0 Å². The number of aromatic nitrogens is 1. The molecule has 0 fully saturated rings. The lowest BCUT2D eigenvalue weighted by atomic mass is 10.2. The van der Waals surface area contributed by atoms with E-state index >= 15 is 0 Å². The third-order valence-corrected chi connectivity index (χ3v) is 4.29. The van der Waals surface area contributed by atoms with Gasteiger partial charge in [0.2, 0.25) is 0 Å². The summed E-state index contributed by atoms with van der Waals surface area (Å²) < 4.78 is 11.2. The summed E-state index contributed by atoms with van der Waals surface area (Å²) in [6, 6.07) is 11.2. The van der Waals surface area contributed by atoms with E-state index in [0.717, 1.165) is 11.1 Å². The zero-order chi connectivity index (χ0) is 17.5. The predicted molar refractivity (Wildman–Crippen MR) is 97.1 cm³/mol. The van der Waals surface area contributed by atoms with Crippen molar-refractivity contribution in [3.8, 4) is 11.5 Å². The first kappa shape index (κ1) is 17.0. The van der Waals surface area contributed by atoms with Crippen LogP contribution in [0, 0.1) is 0 Å². The van der Waals surface area contributed by atoms with Crippen molar-refractivity contribution < 1.29 is 14.3 Å². The molecule has 0 aliphatic rings. The molecule has 128 valence electrons. The summed E-state index contributed by atoms with van der Waals surface area (Å²) in [6.07, 6.45) is 3.46. The minimum atomic E-state index is -0.0850. The lowest BCUT2D eigenvalue weighted by Gasteiger charge is -2.12. The van der Waals surface area contributed by atoms with Crippen molar-refractivity contribution in [3.63, 3.8) is 0 Å². The number of carbonyl (C=O) groups excluding carboxylic acids is 1. The van der Waals surface area contributed by atoms with E-state index in [1.165, 1.54) is 11.3 Å². The van der Waals surface area contributed by atoms with Crippen molar-refractivity contribution in [3.05, 3.63) is 76.2 Å². The fourth-order valence-corrected chi connectivity index (χ4v) is 2.90. The molecule has 3 aromatic rings. The maximum atomic E-state index is 12.0. The number of benzene rings is 1. The summed E-state index contributed by atoms with van der Waals surface area (Å²) in [6.45, 7) is 0.864. The monoisotopic (exact) mass is 354 g/mol. The van der Waals surface area contributed by atoms with E-state index in [1.807, 2.05) is 41.1 Å². The van der Waals surface area contributed by atoms with Gasteiger partial charge in [-0.05, 0) is 46.8 Å². The van der Waals surface area contributed by atoms with E-state index in [4.69, 9.17) is 9.47 Å². The SMILES string of the molecule is COc1cc(CNC(=O)c2ccsc2)ccc1OCc1ccncc1. The van der Waals surface area contributed by atoms with Crippen LogP contribution in [0.4, 0.5) is 0 Å². The van der Waals surface area contributed by atoms with Crippen molar-refractivity contribution in [2.75, 3.05) is 7.11 Å². The topological polar surface area (TPSA) is 60.5 Å². The summed E-state index contributed by atoms with van der Waals surface area (Å²) in [5.41, 5.74) is 2.65. The first-order valence-electron chi connectivity index (χ1n) is 7.75. The molecule has 25 heavy (non-hydrogen) atoms. The molecule has 0 aliphatic heterocycles. The van der Waals surface area contributed by atoms with Gasteiger partial charge in [-0.3, -0.25) is 9.78 Å². The number of thiophene rings is 1. The zero-order valence-corrected chi connectivity index (χ0v) is 14.6. The Bertz CT molecular complexity index is 820. The van der Waals surface area contributed by atoms with E-state index in [1.54, 1.807) is 25.6 Å². The Hall–Kier alpha value is -2.86. The highest BCUT2D eigenvalue weighted by molar-refractivity contribution is 7.08. The van der Waals surface area contributed by atoms with Crippen LogP contribution in [0.25, 0.3) is 0 Å². The van der Waals surface area contributed by atoms with E-state index in [-0.39, 0.29) is 5.91 Å². The second-order valence-corrected chi connectivity index (χ2v) is 6.10. The summed E-state index contributed by atoms with van der Waals surface area (Å²) in [4.78, 5) is 16.0. The minimum Gasteiger partial charge on any atom is -0.493 e. The standard InChI is InChI=1S/C19H18N2O3S/c1-23-18-10-15(11-21-19(22)16-6-9-25-13-16)2-3-17(18)24-12-14-4-7-20-8-5-14/h2-10,13H,11-12H2,1H3,(H,21,22). The van der Waals surface area contributed by atoms with Crippen LogP contribution in [-0.4, -0.2) is 18.0 Å². The Kier molecular flexibility index (Phi) is 5.64. The Morgan fingerprint density at radius 1 is 1.12 bits per heavy atom. The largest absolute Gasteiger partial charge is 0.493 e. The maximum absolute atomic E-state index is 12.0. The van der Waals surface area contributed by atoms with Gasteiger partial charge in [0.25, 0.3) is 5.91 Å². The van der Waals surface area contributed by atoms with Gasteiger partial charge in [-0.15, -0.1) is 0 Å². The normalized spacial score (nSPS) is 10.3. The van der Waals surface area contributed by atoms with Crippen LogP contribution in [0.5, 0.6) is 11.5 Å². The minimum absolute atomic E-state index is 0.0850. The molecule has 3 rings (SSSR count). The van der Waals surface area contributed by atoms with Crippen LogP contribution >= 0.6 is 11.3 Å². The number of pyridine rings is 1. The first-order chi connectivity index (χ1) is 12.3. The third kappa shape index (κ3) is 4.58. The Morgan fingerprint density at radius 3 is 2.68 bits per heavy atom. The second-order valence-electron chi connectivity index (χ2n) is 5.32. The van der Waals surface area contributed by atoms with Gasteiger partial charge in [0.1, 0.15) is 6.61 Å². The highest BCUT2D eigenvalue weighted by atomic mass is 32.1. The van der Waals surface area contributed by atoms with Crippen molar-refractivity contribution in [2.45, 2.75) is 13.2 Å². The number of nitrogens with one attached hydrogen (secondary N) is 1. The molecule has 0 bridgehead atoms. The fraction of sp³-hybridized carbons (Fsp3) is 0.158. The van der Waals surface area contributed by atoms with Gasteiger partial charge in [-0.2, -0.15) is 11.3 Å². The summed E-state index contributed by atoms with van der Waals surface area (Å²) in [5, 5.41) is 6.60. The Balaban J connectivity index is 1.62. The van der Waals surface area contributed by atoms with E-state index in [0.29, 0.717) is 30.2 Å². The molecule has 2 aromatic heterocycles. The predicted octanol–water partition coefficient (Wildman–Crippen LogP) is 3.66. The summed E-state index contributed by atoms with van der Waals surface area (Å²) in [7, 11) is 1.60. The fourth-order valence-electron chi connectivity index (χ4n) is 2.26. The van der Waals surface area contributed by atoms with Gasteiger partial charge in [-0.1, -0.05) is 6.07 Å². The molecule has 0 saturated carbocycles. The van der Waals surface area contributed by atoms with Gasteiger partial charge in [0, 0.05) is 29.9 Å². The molecule has 2 heterocycles. The van der Waals surface area contributed by atoms with Gasteiger partial charge in [-0.25, -0.2) is 0 Å². The van der Waals surface area contributed by atoms with Gasteiger partial charge in [0.15, 0.2) is 11.5 Å². The van der Waals surface area contributed by atoms with E-state index < -0.39 is 0 Å². The highest BCUT2D eigenvalue weighted by Crippen LogP contribution is 2.28. The van der Waals surface area contributed by atoms with Crippen molar-refractivity contribution in [1.82, 2.24) is 10.3 Å². The lowest BCUT2D eigenvalue weighted by molar-refractivity contribution is 0.0951. The molecule has 0 unspecified atom stereocenters. The quantitative estimate of drug-likeness (QED) is 0.703. The zero-order valence-electron chi connectivity index (χ0n) is 13.8. The third-order valence-electron chi connectivity index (χ3n) is 3.61. The molecular formula is C19H18N2O3S. The van der Waals surface area contributed by atoms with E-state index in [9.17, 15) is 4.79 Å². The molecule has 0 aliphatic carbocycles. The number of hydrogen-bond donors (Lipinski definition) is 1. The number of carbonyl (C=O) groups is 1. The Morgan fingerprint density at radius 2 is 1.96 bits per heavy atom. The molecule has 0 radical (unpaired) electrons. The number of ether oxygens (including phenoxy) is 2. The lowest BCUT2D eigenvalue weighted by Crippen LogP contribution is -2.22. The molecule has 0 atom stereocenters. The van der Waals surface area contributed by atoms with Crippen LogP contribution in [0.15, 0.2) is 59.6 Å². The molecule has 6 heteroatoms. The van der Waals surface area contributed by atoms with Crippen LogP contribution in [0.1, 0.15) is 21.5 Å². The molecule has 0 saturated heterocycles. The van der Waals surface area contributed by atoms with Crippen LogP contribution < -0.4 is 14.8 Å². The van der Waals surface area contributed by atoms with Gasteiger partial charge < -0.3 is 14.8 Å². The van der Waals surface area contributed by atoms with Crippen LogP contribution in [-0.2, 0) is 13.2 Å². The van der Waals surface area contributed by atoms with Crippen molar-refractivity contribution in [1.29, 1.82) is 0 Å². The van der Waals surface area contributed by atoms with E-state index in [2.05, 4.69) is 10.3 Å². The summed E-state index contributed by atoms with van der Waals surface area (Å²) in [5.74, 6) is 1.21. The number of amides is 1. The number of hydrogen-bond acceptors (Lipinski definition) is 5. The average molecular weight is 354 g/mol.